The fraction of sp³-hybridized carbons (Fsp3) is 0.476. The van der Waals surface area contributed by atoms with Crippen molar-refractivity contribution in [1.82, 2.24) is 0 Å². The molecule has 3 fully saturated rings. The average Bonchev–Trinajstić information content (AvgIpc) is 3.32. The summed E-state index contributed by atoms with van der Waals surface area (Å²) < 4.78 is 15.7. The molecule has 0 amide bonds. The molecule has 8 unspecified atom stereocenters. The Morgan fingerprint density at radius 1 is 1.07 bits per heavy atom. The van der Waals surface area contributed by atoms with Gasteiger partial charge in [-0.15, -0.1) is 13.2 Å². The molecule has 45 heavy (non-hydrogen) atoms. The van der Waals surface area contributed by atoms with Crippen molar-refractivity contribution in [3.63, 3.8) is 0 Å². The summed E-state index contributed by atoms with van der Waals surface area (Å²) in [4.78, 5) is 0. The molecule has 3 saturated carbocycles. The van der Waals surface area contributed by atoms with Crippen molar-refractivity contribution in [3.05, 3.63) is 127 Å². The molecule has 2 aromatic rings. The quantitative estimate of drug-likeness (QED) is 0.187. The molecule has 2 aromatic carbocycles. The first kappa shape index (κ1) is 33.2. The standard InChI is InChI=1S/C40H51FN2.C2H4/c1-7-26(3)37-30(21-27(4)33-13-10-29(23-34(33)41)22-28-8-11-32(42)12-9-28)24-36-39(37,6)18-16-35-38(5)17-14-25(2)20-31(38)15-19-40(35,36)43;1-2/h7-14,17,20,23,25,27,30,35-37H,1,3,15-16,18-19,21-22,24,42-43H2,2,4-6H3;1-2H2/t25?,27?,30-,35?,36?,37?,38?,39?,40?;/m1./s1. The highest BCUT2D eigenvalue weighted by Gasteiger charge is 2.66. The Morgan fingerprint density at radius 3 is 2.42 bits per heavy atom. The van der Waals surface area contributed by atoms with Gasteiger partial charge in [0.2, 0.25) is 0 Å². The van der Waals surface area contributed by atoms with Gasteiger partial charge in [-0.2, -0.15) is 0 Å². The van der Waals surface area contributed by atoms with Gasteiger partial charge in [-0.25, -0.2) is 4.39 Å². The van der Waals surface area contributed by atoms with Crippen molar-refractivity contribution in [2.75, 3.05) is 5.73 Å². The normalized spacial score (nSPS) is 35.5. The summed E-state index contributed by atoms with van der Waals surface area (Å²) in [5.74, 6) is 2.08. The van der Waals surface area contributed by atoms with Crippen LogP contribution < -0.4 is 11.5 Å². The van der Waals surface area contributed by atoms with Crippen LogP contribution in [0.5, 0.6) is 0 Å². The second-order valence-electron chi connectivity index (χ2n) is 15.1. The largest absolute Gasteiger partial charge is 0.399 e. The number of allylic oxidation sites excluding steroid dienone is 6. The van der Waals surface area contributed by atoms with Crippen molar-refractivity contribution in [2.24, 2.45) is 46.2 Å². The number of nitrogens with two attached hydrogens (primary N) is 2. The molecule has 6 rings (SSSR count). The first-order valence-corrected chi connectivity index (χ1v) is 17.0. The zero-order chi connectivity index (χ0) is 32.7. The van der Waals surface area contributed by atoms with E-state index in [1.165, 1.54) is 0 Å². The summed E-state index contributed by atoms with van der Waals surface area (Å²) in [7, 11) is 0. The lowest BCUT2D eigenvalue weighted by Gasteiger charge is -2.62. The molecule has 0 radical (unpaired) electrons. The molecule has 0 spiro atoms. The van der Waals surface area contributed by atoms with Crippen molar-refractivity contribution >= 4 is 5.69 Å². The van der Waals surface area contributed by atoms with E-state index in [2.05, 4.69) is 78.3 Å². The van der Waals surface area contributed by atoms with E-state index in [4.69, 9.17) is 11.5 Å². The minimum atomic E-state index is -0.212. The van der Waals surface area contributed by atoms with E-state index in [1.807, 2.05) is 36.4 Å². The molecule has 3 heteroatoms. The number of hydrogen-bond acceptors (Lipinski definition) is 2. The first-order chi connectivity index (χ1) is 21.4. The molecule has 4 aliphatic carbocycles. The smallest absolute Gasteiger partial charge is 0.126 e. The first-order valence-electron chi connectivity index (χ1n) is 17.0. The van der Waals surface area contributed by atoms with E-state index in [9.17, 15) is 0 Å². The molecular weight excluding hydrogens is 551 g/mol. The lowest BCUT2D eigenvalue weighted by Crippen LogP contribution is -2.66. The predicted octanol–water partition coefficient (Wildman–Crippen LogP) is 10.3. The summed E-state index contributed by atoms with van der Waals surface area (Å²) in [6, 6.07) is 13.7. The molecule has 4 N–H and O–H groups in total. The fourth-order valence-corrected chi connectivity index (χ4v) is 10.5. The summed E-state index contributed by atoms with van der Waals surface area (Å²) in [6.07, 6.45) is 16.5. The summed E-state index contributed by atoms with van der Waals surface area (Å²) in [5, 5.41) is 0. The summed E-state index contributed by atoms with van der Waals surface area (Å²) in [6.45, 7) is 24.1. The van der Waals surface area contributed by atoms with Gasteiger partial charge in [-0.3, -0.25) is 0 Å². The average molecular weight is 607 g/mol. The minimum Gasteiger partial charge on any atom is -0.399 e. The second-order valence-corrected chi connectivity index (χ2v) is 15.1. The number of fused-ring (bicyclic) bond motifs is 5. The Hall–Kier alpha value is -3.17. The van der Waals surface area contributed by atoms with E-state index < -0.39 is 0 Å². The van der Waals surface area contributed by atoms with Gasteiger partial charge < -0.3 is 11.5 Å². The Morgan fingerprint density at radius 2 is 1.76 bits per heavy atom. The van der Waals surface area contributed by atoms with Crippen LogP contribution in [0.15, 0.2) is 104 Å². The van der Waals surface area contributed by atoms with Crippen LogP contribution in [0, 0.1) is 46.2 Å². The molecule has 2 nitrogen and oxygen atoms in total. The second kappa shape index (κ2) is 12.6. The lowest BCUT2D eigenvalue weighted by molar-refractivity contribution is -0.0496. The maximum absolute atomic E-state index is 15.7. The topological polar surface area (TPSA) is 52.0 Å². The Balaban J connectivity index is 0.00000196. The van der Waals surface area contributed by atoms with Crippen LogP contribution in [0.1, 0.15) is 88.8 Å². The number of rotatable bonds is 7. The predicted molar refractivity (Wildman–Crippen MR) is 190 cm³/mol. The van der Waals surface area contributed by atoms with Crippen LogP contribution >= 0.6 is 0 Å². The fourth-order valence-electron chi connectivity index (χ4n) is 10.5. The third-order valence-electron chi connectivity index (χ3n) is 12.5. The Kier molecular flexibility index (Phi) is 9.26. The molecule has 240 valence electrons. The van der Waals surface area contributed by atoms with Gasteiger partial charge in [0.15, 0.2) is 0 Å². The van der Waals surface area contributed by atoms with Gasteiger partial charge in [-0.05, 0) is 121 Å². The van der Waals surface area contributed by atoms with Crippen LogP contribution in [0.25, 0.3) is 0 Å². The van der Waals surface area contributed by atoms with E-state index in [1.54, 1.807) is 11.6 Å². The lowest BCUT2D eigenvalue weighted by atomic mass is 9.44. The van der Waals surface area contributed by atoms with Gasteiger partial charge in [0, 0.05) is 16.6 Å². The van der Waals surface area contributed by atoms with Crippen LogP contribution in [-0.2, 0) is 6.42 Å². The van der Waals surface area contributed by atoms with Crippen molar-refractivity contribution in [3.8, 4) is 0 Å². The van der Waals surface area contributed by atoms with Crippen molar-refractivity contribution < 1.29 is 4.39 Å². The Bertz CT molecular complexity index is 1480. The van der Waals surface area contributed by atoms with E-state index in [-0.39, 0.29) is 28.1 Å². The number of halogens is 1. The van der Waals surface area contributed by atoms with Crippen LogP contribution in [0.2, 0.25) is 0 Å². The summed E-state index contributed by atoms with van der Waals surface area (Å²) >= 11 is 0. The highest BCUT2D eigenvalue weighted by atomic mass is 19.1. The molecule has 0 bridgehead atoms. The van der Waals surface area contributed by atoms with Crippen molar-refractivity contribution in [2.45, 2.75) is 84.1 Å². The maximum atomic E-state index is 15.7. The van der Waals surface area contributed by atoms with Crippen LogP contribution in [0.3, 0.4) is 0 Å². The summed E-state index contributed by atoms with van der Waals surface area (Å²) in [5.41, 5.74) is 19.9. The third kappa shape index (κ3) is 5.71. The van der Waals surface area contributed by atoms with Gasteiger partial charge >= 0.3 is 0 Å². The SMILES string of the molecule is C=C.C=CC(=C)C1[C@H](CC(C)c2ccc(Cc3ccc(N)cc3)cc2F)CC2C1(C)CCC1C3(C)C=CC(C)C=C3CCC12N. The Labute approximate surface area is 272 Å². The molecule has 4 aliphatic rings. The molecule has 0 aromatic heterocycles. The van der Waals surface area contributed by atoms with E-state index >= 15 is 4.39 Å². The molecule has 0 saturated heterocycles. The highest BCUT2D eigenvalue weighted by Crippen LogP contribution is 2.69. The van der Waals surface area contributed by atoms with Crippen LogP contribution in [0.4, 0.5) is 10.1 Å². The molecule has 0 aliphatic heterocycles. The minimum absolute atomic E-state index is 0.0500. The highest BCUT2D eigenvalue weighted by molar-refractivity contribution is 5.41. The van der Waals surface area contributed by atoms with Gasteiger partial charge in [0.05, 0.1) is 0 Å². The molecule has 9 atom stereocenters. The zero-order valence-electron chi connectivity index (χ0n) is 28.1. The van der Waals surface area contributed by atoms with Gasteiger partial charge in [0.25, 0.3) is 0 Å². The number of anilines is 1. The zero-order valence-corrected chi connectivity index (χ0v) is 28.1. The van der Waals surface area contributed by atoms with Gasteiger partial charge in [0.1, 0.15) is 5.82 Å². The molecular formula is C42H55FN2. The number of nitrogen functional groups attached to an aromatic ring is 1. The van der Waals surface area contributed by atoms with E-state index in [0.717, 1.165) is 66.5 Å². The van der Waals surface area contributed by atoms with Crippen molar-refractivity contribution in [1.29, 1.82) is 0 Å². The number of benzene rings is 2. The monoisotopic (exact) mass is 606 g/mol. The third-order valence-corrected chi connectivity index (χ3v) is 12.5. The number of hydrogen-bond donors (Lipinski definition) is 2. The van der Waals surface area contributed by atoms with Gasteiger partial charge in [-0.1, -0.05) is 101 Å². The maximum Gasteiger partial charge on any atom is 0.126 e. The van der Waals surface area contributed by atoms with Crippen LogP contribution in [-0.4, -0.2) is 5.54 Å². The molecule has 0 heterocycles. The van der Waals surface area contributed by atoms with E-state index in [0.29, 0.717) is 36.0 Å².